The lowest BCUT2D eigenvalue weighted by molar-refractivity contribution is -0.116. The van der Waals surface area contributed by atoms with Crippen LogP contribution >= 0.6 is 15.9 Å². The first-order valence-electron chi connectivity index (χ1n) is 5.96. The van der Waals surface area contributed by atoms with Crippen LogP contribution in [0.15, 0.2) is 28.8 Å². The number of benzene rings is 1. The molecule has 0 aromatic heterocycles. The number of carbonyl (C=O) groups excluding carboxylic acids is 1. The summed E-state index contributed by atoms with van der Waals surface area (Å²) in [5, 5.41) is 2.82. The van der Waals surface area contributed by atoms with E-state index in [0.717, 1.165) is 40.9 Å². The molecule has 1 atom stereocenters. The normalized spacial score (nSPS) is 22.0. The number of anilines is 2. The Morgan fingerprint density at radius 2 is 2.22 bits per heavy atom. The molecule has 1 amide bonds. The maximum absolute atomic E-state index is 11.6. The summed E-state index contributed by atoms with van der Waals surface area (Å²) >= 11 is 3.57. The average molecular weight is 308 g/mol. The van der Waals surface area contributed by atoms with Gasteiger partial charge in [-0.25, -0.2) is 0 Å². The molecule has 1 aromatic rings. The highest BCUT2D eigenvalue weighted by Gasteiger charge is 2.28. The minimum Gasteiger partial charge on any atom is -0.367 e. The first kappa shape index (κ1) is 11.7. The molecule has 0 spiro atoms. The predicted octanol–water partition coefficient (Wildman–Crippen LogP) is 2.17. The van der Waals surface area contributed by atoms with Gasteiger partial charge in [0.05, 0.1) is 5.69 Å². The molecular weight excluding hydrogens is 294 g/mol. The van der Waals surface area contributed by atoms with Gasteiger partial charge in [-0.05, 0) is 34.5 Å². The summed E-state index contributed by atoms with van der Waals surface area (Å²) in [6.07, 6.45) is 5.40. The third kappa shape index (κ3) is 1.83. The van der Waals surface area contributed by atoms with Crippen molar-refractivity contribution in [2.75, 3.05) is 23.3 Å². The Morgan fingerprint density at radius 1 is 1.39 bits per heavy atom. The molecule has 3 rings (SSSR count). The second kappa shape index (κ2) is 4.40. The van der Waals surface area contributed by atoms with Crippen LogP contribution in [0.25, 0.3) is 0 Å². The lowest BCUT2D eigenvalue weighted by atomic mass is 10.1. The van der Waals surface area contributed by atoms with Gasteiger partial charge < -0.3 is 16.0 Å². The second-order valence-electron chi connectivity index (χ2n) is 4.56. The molecule has 1 unspecified atom stereocenters. The Bertz CT molecular complexity index is 541. The Balaban J connectivity index is 2.00. The van der Waals surface area contributed by atoms with Crippen molar-refractivity contribution in [2.24, 2.45) is 5.73 Å². The van der Waals surface area contributed by atoms with E-state index in [1.54, 1.807) is 0 Å². The van der Waals surface area contributed by atoms with Crippen LogP contribution in [0.5, 0.6) is 0 Å². The van der Waals surface area contributed by atoms with Gasteiger partial charge in [0.1, 0.15) is 6.04 Å². The number of carbonyl (C=O) groups is 1. The Hall–Kier alpha value is -1.33. The summed E-state index contributed by atoms with van der Waals surface area (Å²) in [6.45, 7) is 1.89. The molecule has 0 aliphatic carbocycles. The van der Waals surface area contributed by atoms with Gasteiger partial charge in [0.2, 0.25) is 5.91 Å². The van der Waals surface area contributed by atoms with Gasteiger partial charge >= 0.3 is 0 Å². The minimum atomic E-state index is -0.549. The van der Waals surface area contributed by atoms with Crippen LogP contribution in [0, 0.1) is 0 Å². The van der Waals surface area contributed by atoms with Crippen molar-refractivity contribution in [3.8, 4) is 0 Å². The Morgan fingerprint density at radius 3 is 2.94 bits per heavy atom. The van der Waals surface area contributed by atoms with Crippen molar-refractivity contribution in [3.05, 3.63) is 34.3 Å². The van der Waals surface area contributed by atoms with E-state index in [1.165, 1.54) is 0 Å². The Labute approximate surface area is 114 Å². The monoisotopic (exact) mass is 307 g/mol. The predicted molar refractivity (Wildman–Crippen MR) is 75.7 cm³/mol. The standard InChI is InChI=1S/C13H14BrN3O/c14-9-6-8-10(16-13(18)12(8)15)7-11(9)17-4-2-1-3-5-17/h1-2,6-7,12H,3-5,15H2,(H,16,18). The maximum atomic E-state index is 11.6. The van der Waals surface area contributed by atoms with Crippen LogP contribution in [0.2, 0.25) is 0 Å². The van der Waals surface area contributed by atoms with Crippen molar-refractivity contribution in [1.29, 1.82) is 0 Å². The summed E-state index contributed by atoms with van der Waals surface area (Å²) in [4.78, 5) is 13.8. The molecule has 0 radical (unpaired) electrons. The zero-order valence-corrected chi connectivity index (χ0v) is 11.4. The fourth-order valence-corrected chi connectivity index (χ4v) is 3.01. The van der Waals surface area contributed by atoms with Crippen molar-refractivity contribution in [2.45, 2.75) is 12.5 Å². The number of rotatable bonds is 1. The number of hydrogen-bond donors (Lipinski definition) is 2. The molecule has 4 nitrogen and oxygen atoms in total. The lowest BCUT2D eigenvalue weighted by Crippen LogP contribution is -2.27. The number of nitrogens with one attached hydrogen (secondary N) is 1. The van der Waals surface area contributed by atoms with Gasteiger partial charge in [0.25, 0.3) is 0 Å². The van der Waals surface area contributed by atoms with E-state index < -0.39 is 6.04 Å². The maximum Gasteiger partial charge on any atom is 0.245 e. The fraction of sp³-hybridized carbons (Fsp3) is 0.308. The van der Waals surface area contributed by atoms with E-state index in [9.17, 15) is 4.79 Å². The highest BCUT2D eigenvalue weighted by molar-refractivity contribution is 9.10. The van der Waals surface area contributed by atoms with Crippen LogP contribution in [0.3, 0.4) is 0 Å². The van der Waals surface area contributed by atoms with Crippen LogP contribution in [0.4, 0.5) is 11.4 Å². The number of nitrogens with two attached hydrogens (primary N) is 1. The third-order valence-electron chi connectivity index (χ3n) is 3.39. The summed E-state index contributed by atoms with van der Waals surface area (Å²) < 4.78 is 0.989. The van der Waals surface area contributed by atoms with Gasteiger partial charge in [-0.2, -0.15) is 0 Å². The number of amides is 1. The highest BCUT2D eigenvalue weighted by atomic mass is 79.9. The summed E-state index contributed by atoms with van der Waals surface area (Å²) in [5.74, 6) is -0.132. The van der Waals surface area contributed by atoms with Crippen molar-refractivity contribution in [3.63, 3.8) is 0 Å². The average Bonchev–Trinajstić information content (AvgIpc) is 2.66. The molecule has 1 aromatic carbocycles. The van der Waals surface area contributed by atoms with Gasteiger partial charge in [-0.1, -0.05) is 12.2 Å². The fourth-order valence-electron chi connectivity index (χ4n) is 2.40. The topological polar surface area (TPSA) is 58.4 Å². The first-order chi connectivity index (χ1) is 8.66. The molecule has 0 fully saturated rings. The molecule has 2 aliphatic heterocycles. The molecule has 5 heteroatoms. The van der Waals surface area contributed by atoms with E-state index in [4.69, 9.17) is 5.73 Å². The van der Waals surface area contributed by atoms with E-state index in [2.05, 4.69) is 38.3 Å². The lowest BCUT2D eigenvalue weighted by Gasteiger charge is -2.27. The van der Waals surface area contributed by atoms with Gasteiger partial charge in [0.15, 0.2) is 0 Å². The molecule has 0 saturated carbocycles. The number of nitrogens with zero attached hydrogens (tertiary/aromatic N) is 1. The SMILES string of the molecule is NC1C(=O)Nc2cc(N3CC=CCC3)c(Br)cc21. The molecule has 3 N–H and O–H groups in total. The third-order valence-corrected chi connectivity index (χ3v) is 4.03. The summed E-state index contributed by atoms with van der Waals surface area (Å²) in [5.41, 5.74) is 8.63. The van der Waals surface area contributed by atoms with Crippen LogP contribution in [-0.4, -0.2) is 19.0 Å². The molecule has 0 saturated heterocycles. The second-order valence-corrected chi connectivity index (χ2v) is 5.42. The van der Waals surface area contributed by atoms with Crippen LogP contribution < -0.4 is 16.0 Å². The molecular formula is C13H14BrN3O. The molecule has 18 heavy (non-hydrogen) atoms. The zero-order chi connectivity index (χ0) is 12.7. The largest absolute Gasteiger partial charge is 0.367 e. The Kier molecular flexibility index (Phi) is 2.87. The number of hydrogen-bond acceptors (Lipinski definition) is 3. The van der Waals surface area contributed by atoms with Crippen molar-refractivity contribution in [1.82, 2.24) is 0 Å². The van der Waals surface area contributed by atoms with Crippen LogP contribution in [0.1, 0.15) is 18.0 Å². The van der Waals surface area contributed by atoms with Crippen molar-refractivity contribution < 1.29 is 4.79 Å². The minimum absolute atomic E-state index is 0.132. The molecule has 0 bridgehead atoms. The van der Waals surface area contributed by atoms with E-state index in [-0.39, 0.29) is 5.91 Å². The zero-order valence-electron chi connectivity index (χ0n) is 9.82. The van der Waals surface area contributed by atoms with E-state index in [1.807, 2.05) is 12.1 Å². The highest BCUT2D eigenvalue weighted by Crippen LogP contribution is 2.38. The first-order valence-corrected chi connectivity index (χ1v) is 6.76. The molecule has 94 valence electrons. The number of halogens is 1. The van der Waals surface area contributed by atoms with Crippen molar-refractivity contribution >= 4 is 33.2 Å². The molecule has 2 aliphatic rings. The smallest absolute Gasteiger partial charge is 0.245 e. The van der Waals surface area contributed by atoms with Gasteiger partial charge in [0, 0.05) is 28.8 Å². The van der Waals surface area contributed by atoms with Gasteiger partial charge in [-0.3, -0.25) is 4.79 Å². The number of fused-ring (bicyclic) bond motifs is 1. The van der Waals surface area contributed by atoms with E-state index in [0.29, 0.717) is 0 Å². The summed E-state index contributed by atoms with van der Waals surface area (Å²) in [6, 6.07) is 3.40. The van der Waals surface area contributed by atoms with E-state index >= 15 is 0 Å². The quantitative estimate of drug-likeness (QED) is 0.782. The summed E-state index contributed by atoms with van der Waals surface area (Å²) in [7, 11) is 0. The van der Waals surface area contributed by atoms with Crippen LogP contribution in [-0.2, 0) is 4.79 Å². The molecule has 2 heterocycles. The van der Waals surface area contributed by atoms with Gasteiger partial charge in [-0.15, -0.1) is 0 Å².